The molecule has 0 bridgehead atoms. The lowest BCUT2D eigenvalue weighted by Gasteiger charge is -2.38. The maximum absolute atomic E-state index is 17.6. The fraction of sp³-hybridized carbons (Fsp3) is 0.548. The summed E-state index contributed by atoms with van der Waals surface area (Å²) >= 11 is 0. The summed E-state index contributed by atoms with van der Waals surface area (Å²) in [6.45, 7) is 8.70. The number of pyridine rings is 1. The molecule has 8 rings (SSSR count). The monoisotopic (exact) mass is 778 g/mol. The minimum Gasteiger partial charge on any atom is -0.461 e. The molecule has 4 aliphatic rings. The number of benzene rings is 2. The topological polar surface area (TPSA) is 89.6 Å². The Morgan fingerprint density at radius 1 is 1.09 bits per heavy atom. The van der Waals surface area contributed by atoms with E-state index in [4.69, 9.17) is 17.9 Å². The highest BCUT2D eigenvalue weighted by Gasteiger charge is 2.50. The third-order valence-electron chi connectivity index (χ3n) is 12.2. The van der Waals surface area contributed by atoms with Gasteiger partial charge in [0.25, 0.3) is 0 Å². The van der Waals surface area contributed by atoms with Gasteiger partial charge in [0.15, 0.2) is 17.5 Å². The van der Waals surface area contributed by atoms with Crippen LogP contribution in [0.25, 0.3) is 32.9 Å². The van der Waals surface area contributed by atoms with Crippen LogP contribution in [0.15, 0.2) is 24.4 Å². The van der Waals surface area contributed by atoms with Crippen LogP contribution in [0.1, 0.15) is 84.7 Å². The number of fused-ring (bicyclic) bond motifs is 4. The van der Waals surface area contributed by atoms with E-state index in [1.54, 1.807) is 4.90 Å². The molecule has 2 aromatic heterocycles. The molecule has 2 aromatic carbocycles. The van der Waals surface area contributed by atoms with Gasteiger partial charge in [0, 0.05) is 51.6 Å². The summed E-state index contributed by atoms with van der Waals surface area (Å²) in [6, 6.07) is 2.82. The van der Waals surface area contributed by atoms with Gasteiger partial charge in [-0.15, -0.1) is 5.54 Å². The van der Waals surface area contributed by atoms with Crippen LogP contribution >= 0.6 is 0 Å². The minimum absolute atomic E-state index is 0.00737. The predicted molar refractivity (Wildman–Crippen MR) is 211 cm³/mol. The Labute approximate surface area is 326 Å². The maximum Gasteiger partial charge on any atom is 0.319 e. The van der Waals surface area contributed by atoms with E-state index in [2.05, 4.69) is 68.0 Å². The number of halogens is 4. The number of anilines is 2. The summed E-state index contributed by atoms with van der Waals surface area (Å²) in [4.78, 5) is 16.7. The Hall–Kier alpha value is -3.99. The number of hydrogen-bond donors (Lipinski definition) is 1. The molecule has 2 N–H and O–H groups in total. The Balaban J connectivity index is 1.36. The molecule has 55 heavy (non-hydrogen) atoms. The zero-order chi connectivity index (χ0) is 42.6. The third kappa shape index (κ3) is 6.42. The van der Waals surface area contributed by atoms with Crippen LogP contribution in [-0.2, 0) is 4.74 Å². The molecule has 1 aliphatic carbocycles. The lowest BCUT2D eigenvalue weighted by molar-refractivity contribution is 0.107. The molecular formula is C42H50F4N6O2Si. The fourth-order valence-electron chi connectivity index (χ4n) is 9.59. The van der Waals surface area contributed by atoms with E-state index < -0.39 is 62.3 Å². The van der Waals surface area contributed by atoms with Crippen molar-refractivity contribution >= 4 is 41.3 Å². The van der Waals surface area contributed by atoms with Crippen molar-refractivity contribution in [3.8, 4) is 28.7 Å². The van der Waals surface area contributed by atoms with E-state index in [0.29, 0.717) is 25.8 Å². The standard InChI is InChI=1S/C42H50F4N6O2Si/c1-23(2)55(24(3)4,25(5)6)14-9-29-35-26(16-32(44)36(29)45)15-28(47)17-30(35)38-37(46)39-31(20-48-38)40(52-12-8-13-53-34-18-33(34)52)50-41(49-39)54-22-42-10-7-11-51(42)21-27(43)19-42/h15-17,20,23-25,27,33-34H,7-8,10-13,18-19,21-22,47H2,1-6H3/t27-,33-,34+,42+/m1/s1/i12D2,22D2. The quantitative estimate of drug-likeness (QED) is 0.0823. The van der Waals surface area contributed by atoms with Crippen LogP contribution in [0.4, 0.5) is 29.1 Å². The number of nitrogens with zero attached hydrogens (tertiary/aromatic N) is 5. The van der Waals surface area contributed by atoms with Gasteiger partial charge in [0.2, 0.25) is 0 Å². The molecule has 8 nitrogen and oxygen atoms in total. The number of alkyl halides is 1. The summed E-state index contributed by atoms with van der Waals surface area (Å²) < 4.78 is 112. The van der Waals surface area contributed by atoms with Crippen LogP contribution < -0.4 is 15.4 Å². The highest BCUT2D eigenvalue weighted by atomic mass is 28.3. The Kier molecular flexibility index (Phi) is 8.56. The number of hydrogen-bond acceptors (Lipinski definition) is 8. The summed E-state index contributed by atoms with van der Waals surface area (Å²) in [6.07, 6.45) is 0.971. The molecule has 0 radical (unpaired) electrons. The number of ether oxygens (including phenoxy) is 2. The van der Waals surface area contributed by atoms with Crippen molar-refractivity contribution in [1.29, 1.82) is 0 Å². The third-order valence-corrected chi connectivity index (χ3v) is 18.5. The van der Waals surface area contributed by atoms with Crippen molar-refractivity contribution in [3.05, 3.63) is 47.4 Å². The maximum atomic E-state index is 17.6. The molecule has 4 fully saturated rings. The number of nitrogens with two attached hydrogens (primary N) is 1. The van der Waals surface area contributed by atoms with Gasteiger partial charge in [0.05, 0.1) is 31.4 Å². The second-order valence-corrected chi connectivity index (χ2v) is 22.0. The van der Waals surface area contributed by atoms with E-state index in [9.17, 15) is 7.13 Å². The van der Waals surface area contributed by atoms with Gasteiger partial charge < -0.3 is 20.1 Å². The summed E-state index contributed by atoms with van der Waals surface area (Å²) in [5.41, 5.74) is 8.21. The Morgan fingerprint density at radius 2 is 1.85 bits per heavy atom. The van der Waals surface area contributed by atoms with Gasteiger partial charge in [0.1, 0.15) is 37.8 Å². The van der Waals surface area contributed by atoms with Gasteiger partial charge in [-0.3, -0.25) is 9.88 Å². The first-order chi connectivity index (χ1) is 27.7. The molecule has 0 amide bonds. The van der Waals surface area contributed by atoms with Crippen LogP contribution in [0.2, 0.25) is 16.6 Å². The van der Waals surface area contributed by atoms with Crippen LogP contribution in [-0.4, -0.2) is 84.5 Å². The number of nitrogen functional groups attached to an aromatic ring is 1. The molecule has 3 aliphatic heterocycles. The predicted octanol–water partition coefficient (Wildman–Crippen LogP) is 8.74. The summed E-state index contributed by atoms with van der Waals surface area (Å²) in [5, 5.41) is 0.284. The van der Waals surface area contributed by atoms with E-state index in [-0.39, 0.29) is 98.7 Å². The van der Waals surface area contributed by atoms with Crippen molar-refractivity contribution in [2.45, 2.75) is 114 Å². The molecule has 4 aromatic rings. The fourth-order valence-corrected chi connectivity index (χ4v) is 14.8. The molecule has 1 saturated carbocycles. The summed E-state index contributed by atoms with van der Waals surface area (Å²) in [7, 11) is -2.48. The van der Waals surface area contributed by atoms with Gasteiger partial charge in [-0.1, -0.05) is 47.5 Å². The Morgan fingerprint density at radius 3 is 2.60 bits per heavy atom. The molecule has 13 heteroatoms. The van der Waals surface area contributed by atoms with Crippen LogP contribution in [0.3, 0.4) is 0 Å². The van der Waals surface area contributed by atoms with Crippen LogP contribution in [0, 0.1) is 28.9 Å². The van der Waals surface area contributed by atoms with Gasteiger partial charge in [-0.25, -0.2) is 17.6 Å². The zero-order valence-corrected chi connectivity index (χ0v) is 33.1. The van der Waals surface area contributed by atoms with E-state index in [0.717, 1.165) is 6.07 Å². The zero-order valence-electron chi connectivity index (χ0n) is 36.1. The summed E-state index contributed by atoms with van der Waals surface area (Å²) in [5.74, 6) is -0.385. The van der Waals surface area contributed by atoms with Crippen molar-refractivity contribution in [2.24, 2.45) is 0 Å². The van der Waals surface area contributed by atoms with Crippen LogP contribution in [0.5, 0.6) is 6.01 Å². The highest BCUT2D eigenvalue weighted by Crippen LogP contribution is 2.45. The SMILES string of the molecule is [2H]C1([2H])CCO[C@H]2C[C@H]2N1c1nc(OC([2H])([2H])[C@@]23CCCN2C[C@H](F)C3)nc2c(F)c(-c3cc(N)cc4cc(F)c(F)c(C#C[Si](C(C)C)(C(C)C)C(C)C)c34)ncc12. The Bertz CT molecular complexity index is 2390. The first-order valence-electron chi connectivity index (χ1n) is 21.3. The molecule has 292 valence electrons. The first kappa shape index (κ1) is 33.2. The van der Waals surface area contributed by atoms with Gasteiger partial charge >= 0.3 is 6.01 Å². The van der Waals surface area contributed by atoms with Crippen molar-refractivity contribution < 1.29 is 32.5 Å². The van der Waals surface area contributed by atoms with Crippen molar-refractivity contribution in [3.63, 3.8) is 0 Å². The normalized spacial score (nSPS) is 26.3. The largest absolute Gasteiger partial charge is 0.461 e. The van der Waals surface area contributed by atoms with Crippen molar-refractivity contribution in [2.75, 3.05) is 43.4 Å². The van der Waals surface area contributed by atoms with E-state index in [1.807, 2.05) is 0 Å². The molecule has 4 atom stereocenters. The molecule has 5 heterocycles. The second-order valence-electron chi connectivity index (χ2n) is 16.5. The van der Waals surface area contributed by atoms with Gasteiger partial charge in [-0.05, 0) is 72.4 Å². The van der Waals surface area contributed by atoms with Gasteiger partial charge in [-0.2, -0.15) is 9.97 Å². The molecular weight excluding hydrogens is 725 g/mol. The average Bonchev–Trinajstić information content (AvgIpc) is 3.66. The lowest BCUT2D eigenvalue weighted by Crippen LogP contribution is -2.43. The highest BCUT2D eigenvalue weighted by molar-refractivity contribution is 6.90. The second kappa shape index (κ2) is 14.2. The first-order valence-corrected chi connectivity index (χ1v) is 21.6. The number of aromatic nitrogens is 3. The van der Waals surface area contributed by atoms with E-state index in [1.165, 1.54) is 23.2 Å². The molecule has 3 saturated heterocycles. The average molecular weight is 779 g/mol. The van der Waals surface area contributed by atoms with Crippen molar-refractivity contribution in [1.82, 2.24) is 19.9 Å². The van der Waals surface area contributed by atoms with E-state index >= 15 is 13.2 Å². The molecule has 0 spiro atoms. The lowest BCUT2D eigenvalue weighted by atomic mass is 9.95. The number of rotatable bonds is 8. The minimum atomic E-state index is -2.54. The smallest absolute Gasteiger partial charge is 0.319 e. The molecule has 0 unspecified atom stereocenters.